The maximum absolute atomic E-state index is 14.0. The molecule has 4 heteroatoms. The van der Waals surface area contributed by atoms with Crippen molar-refractivity contribution >= 4 is 5.91 Å². The Morgan fingerprint density at radius 1 is 1.53 bits per heavy atom. The fraction of sp³-hybridized carbons (Fsp3) is 0.400. The van der Waals surface area contributed by atoms with Crippen LogP contribution in [0, 0.1) is 17.7 Å². The van der Waals surface area contributed by atoms with Crippen molar-refractivity contribution in [2.24, 2.45) is 5.73 Å². The smallest absolute Gasteiger partial charge is 0.257 e. The molecule has 0 bridgehead atoms. The lowest BCUT2D eigenvalue weighted by Crippen LogP contribution is -2.33. The molecule has 0 radical (unpaired) electrons. The van der Waals surface area contributed by atoms with Crippen LogP contribution in [0.25, 0.3) is 0 Å². The van der Waals surface area contributed by atoms with Crippen molar-refractivity contribution in [1.29, 1.82) is 0 Å². The molecule has 3 nitrogen and oxygen atoms in total. The average molecular weight is 260 g/mol. The van der Waals surface area contributed by atoms with Crippen LogP contribution in [0.4, 0.5) is 4.39 Å². The number of carbonyl (C=O) groups excluding carboxylic acids is 1. The fourth-order valence-electron chi connectivity index (χ4n) is 2.03. The number of benzene rings is 1. The van der Waals surface area contributed by atoms with E-state index in [0.29, 0.717) is 12.1 Å². The summed E-state index contributed by atoms with van der Waals surface area (Å²) >= 11 is 0. The summed E-state index contributed by atoms with van der Waals surface area (Å²) in [5.41, 5.74) is 5.92. The first-order valence-electron chi connectivity index (χ1n) is 6.46. The monoisotopic (exact) mass is 260 g/mol. The third kappa shape index (κ3) is 3.12. The molecule has 2 N–H and O–H groups in total. The molecule has 0 heterocycles. The van der Waals surface area contributed by atoms with Gasteiger partial charge < -0.3 is 10.6 Å². The minimum absolute atomic E-state index is 0.118. The van der Waals surface area contributed by atoms with E-state index in [1.807, 2.05) is 6.92 Å². The molecule has 1 fully saturated rings. The lowest BCUT2D eigenvalue weighted by Gasteiger charge is -2.20. The van der Waals surface area contributed by atoms with E-state index in [0.717, 1.165) is 12.8 Å². The van der Waals surface area contributed by atoms with Crippen molar-refractivity contribution in [3.05, 3.63) is 35.1 Å². The zero-order chi connectivity index (χ0) is 13.8. The second kappa shape index (κ2) is 5.85. The Labute approximate surface area is 112 Å². The van der Waals surface area contributed by atoms with Crippen molar-refractivity contribution in [2.75, 3.05) is 13.1 Å². The van der Waals surface area contributed by atoms with Crippen LogP contribution < -0.4 is 5.73 Å². The SMILES string of the molecule is CCN(C(=O)c1ccc(C#CCN)cc1F)C1CC1. The van der Waals surface area contributed by atoms with Gasteiger partial charge in [-0.3, -0.25) is 4.79 Å². The number of hydrogen-bond acceptors (Lipinski definition) is 2. The van der Waals surface area contributed by atoms with Crippen LogP contribution in [-0.2, 0) is 0 Å². The molecule has 0 aromatic heterocycles. The second-order valence-electron chi connectivity index (χ2n) is 4.52. The van der Waals surface area contributed by atoms with E-state index in [9.17, 15) is 9.18 Å². The summed E-state index contributed by atoms with van der Waals surface area (Å²) in [4.78, 5) is 14.0. The number of nitrogens with two attached hydrogens (primary N) is 1. The Hall–Kier alpha value is -1.86. The molecule has 100 valence electrons. The van der Waals surface area contributed by atoms with Gasteiger partial charge in [0.2, 0.25) is 0 Å². The molecule has 0 saturated heterocycles. The van der Waals surface area contributed by atoms with Crippen LogP contribution in [0.15, 0.2) is 18.2 Å². The van der Waals surface area contributed by atoms with Crippen LogP contribution in [0.2, 0.25) is 0 Å². The summed E-state index contributed by atoms with van der Waals surface area (Å²) in [6.45, 7) is 2.75. The van der Waals surface area contributed by atoms with E-state index in [1.165, 1.54) is 12.1 Å². The molecule has 0 spiro atoms. The molecule has 0 atom stereocenters. The standard InChI is InChI=1S/C15H17FN2O/c1-2-18(12-6-7-12)15(19)13-8-5-11(4-3-9-17)10-14(13)16/h5,8,10,12H,2,6-7,9,17H2,1H3. The largest absolute Gasteiger partial charge is 0.336 e. The molecule has 1 saturated carbocycles. The zero-order valence-electron chi connectivity index (χ0n) is 10.9. The number of hydrogen-bond donors (Lipinski definition) is 1. The molecule has 1 aromatic carbocycles. The first kappa shape index (κ1) is 13.6. The maximum atomic E-state index is 14.0. The van der Waals surface area contributed by atoms with Crippen molar-refractivity contribution in [2.45, 2.75) is 25.8 Å². The molecule has 1 aliphatic rings. The van der Waals surface area contributed by atoms with Crippen LogP contribution in [-0.4, -0.2) is 29.9 Å². The maximum Gasteiger partial charge on any atom is 0.257 e. The number of amides is 1. The van der Waals surface area contributed by atoms with Gasteiger partial charge in [-0.05, 0) is 38.0 Å². The van der Waals surface area contributed by atoms with Crippen molar-refractivity contribution in [3.63, 3.8) is 0 Å². The summed E-state index contributed by atoms with van der Waals surface area (Å²) in [7, 11) is 0. The van der Waals surface area contributed by atoms with Crippen LogP contribution in [0.3, 0.4) is 0 Å². The van der Waals surface area contributed by atoms with Gasteiger partial charge in [0.1, 0.15) is 5.82 Å². The molecule has 1 amide bonds. The lowest BCUT2D eigenvalue weighted by molar-refractivity contribution is 0.0748. The number of nitrogens with zero attached hydrogens (tertiary/aromatic N) is 1. The second-order valence-corrected chi connectivity index (χ2v) is 4.52. The van der Waals surface area contributed by atoms with Gasteiger partial charge in [0.15, 0.2) is 0 Å². The molecule has 1 aliphatic carbocycles. The molecule has 1 aromatic rings. The van der Waals surface area contributed by atoms with Crippen LogP contribution in [0.1, 0.15) is 35.7 Å². The number of rotatable bonds is 3. The number of halogens is 1. The van der Waals surface area contributed by atoms with Gasteiger partial charge in [0.05, 0.1) is 12.1 Å². The van der Waals surface area contributed by atoms with Gasteiger partial charge in [-0.15, -0.1) is 0 Å². The van der Waals surface area contributed by atoms with E-state index < -0.39 is 5.82 Å². The summed E-state index contributed by atoms with van der Waals surface area (Å²) in [5.74, 6) is 4.65. The molecular formula is C15H17FN2O. The average Bonchev–Trinajstić information content (AvgIpc) is 3.21. The van der Waals surface area contributed by atoms with Gasteiger partial charge >= 0.3 is 0 Å². The Bertz CT molecular complexity index is 541. The summed E-state index contributed by atoms with van der Waals surface area (Å²) in [5, 5.41) is 0. The third-order valence-electron chi connectivity index (χ3n) is 3.12. The summed E-state index contributed by atoms with van der Waals surface area (Å²) in [6, 6.07) is 4.73. The predicted molar refractivity (Wildman–Crippen MR) is 72.1 cm³/mol. The molecular weight excluding hydrogens is 243 g/mol. The summed E-state index contributed by atoms with van der Waals surface area (Å²) < 4.78 is 14.0. The topological polar surface area (TPSA) is 46.3 Å². The summed E-state index contributed by atoms with van der Waals surface area (Å²) in [6.07, 6.45) is 2.03. The van der Waals surface area contributed by atoms with E-state index in [-0.39, 0.29) is 24.1 Å². The number of carbonyl (C=O) groups is 1. The van der Waals surface area contributed by atoms with Crippen LogP contribution >= 0.6 is 0 Å². The predicted octanol–water partition coefficient (Wildman–Crippen LogP) is 1.76. The third-order valence-corrected chi connectivity index (χ3v) is 3.12. The highest BCUT2D eigenvalue weighted by Crippen LogP contribution is 2.28. The Kier molecular flexibility index (Phi) is 4.18. The van der Waals surface area contributed by atoms with E-state index in [1.54, 1.807) is 11.0 Å². The highest BCUT2D eigenvalue weighted by molar-refractivity contribution is 5.95. The first-order valence-corrected chi connectivity index (χ1v) is 6.46. The Morgan fingerprint density at radius 2 is 2.26 bits per heavy atom. The van der Waals surface area contributed by atoms with Gasteiger partial charge in [-0.1, -0.05) is 11.8 Å². The van der Waals surface area contributed by atoms with Gasteiger partial charge in [-0.2, -0.15) is 0 Å². The Morgan fingerprint density at radius 3 is 2.79 bits per heavy atom. The normalized spacial score (nSPS) is 13.6. The fourth-order valence-corrected chi connectivity index (χ4v) is 2.03. The highest BCUT2D eigenvalue weighted by atomic mass is 19.1. The van der Waals surface area contributed by atoms with E-state index in [4.69, 9.17) is 5.73 Å². The molecule has 19 heavy (non-hydrogen) atoms. The minimum Gasteiger partial charge on any atom is -0.336 e. The van der Waals surface area contributed by atoms with E-state index in [2.05, 4.69) is 11.8 Å². The quantitative estimate of drug-likeness (QED) is 0.842. The Balaban J connectivity index is 2.22. The van der Waals surface area contributed by atoms with Crippen molar-refractivity contribution in [3.8, 4) is 11.8 Å². The van der Waals surface area contributed by atoms with Crippen molar-refractivity contribution < 1.29 is 9.18 Å². The molecule has 0 aliphatic heterocycles. The van der Waals surface area contributed by atoms with Gasteiger partial charge in [0.25, 0.3) is 5.91 Å². The van der Waals surface area contributed by atoms with Crippen molar-refractivity contribution in [1.82, 2.24) is 4.90 Å². The molecule has 2 rings (SSSR count). The minimum atomic E-state index is -0.520. The molecule has 0 unspecified atom stereocenters. The van der Waals surface area contributed by atoms with Gasteiger partial charge in [-0.25, -0.2) is 4.39 Å². The first-order chi connectivity index (χ1) is 9.17. The lowest BCUT2D eigenvalue weighted by atomic mass is 10.1. The highest BCUT2D eigenvalue weighted by Gasteiger charge is 2.32. The zero-order valence-corrected chi connectivity index (χ0v) is 10.9. The van der Waals surface area contributed by atoms with Gasteiger partial charge in [0, 0.05) is 18.2 Å². The van der Waals surface area contributed by atoms with Crippen LogP contribution in [0.5, 0.6) is 0 Å². The van der Waals surface area contributed by atoms with E-state index >= 15 is 0 Å².